The summed E-state index contributed by atoms with van der Waals surface area (Å²) in [4.78, 5) is 0. The van der Waals surface area contributed by atoms with E-state index in [9.17, 15) is 4.21 Å². The van der Waals surface area contributed by atoms with E-state index in [-0.39, 0.29) is 0 Å². The van der Waals surface area contributed by atoms with E-state index in [0.29, 0.717) is 12.1 Å². The number of nitrogens with one attached hydrogen (secondary N) is 1. The lowest BCUT2D eigenvalue weighted by Crippen LogP contribution is -2.47. The van der Waals surface area contributed by atoms with E-state index in [2.05, 4.69) is 45.5 Å². The zero-order valence-electron chi connectivity index (χ0n) is 11.0. The molecule has 4 heteroatoms. The fourth-order valence-electron chi connectivity index (χ4n) is 3.05. The Bertz CT molecular complexity index is 446. The highest BCUT2D eigenvalue weighted by Crippen LogP contribution is 2.37. The third-order valence-electron chi connectivity index (χ3n) is 4.34. The highest BCUT2D eigenvalue weighted by atomic mass is 79.9. The van der Waals surface area contributed by atoms with E-state index >= 15 is 0 Å². The van der Waals surface area contributed by atoms with Gasteiger partial charge in [0.1, 0.15) is 0 Å². The molecule has 104 valence electrons. The average Bonchev–Trinajstić information content (AvgIpc) is 2.37. The highest BCUT2D eigenvalue weighted by Gasteiger charge is 2.32. The van der Waals surface area contributed by atoms with Gasteiger partial charge in [-0.15, -0.1) is 0 Å². The van der Waals surface area contributed by atoms with Crippen LogP contribution in [0.2, 0.25) is 0 Å². The zero-order chi connectivity index (χ0) is 13.2. The van der Waals surface area contributed by atoms with E-state index in [1.54, 1.807) is 0 Å². The number of rotatable bonds is 3. The van der Waals surface area contributed by atoms with Gasteiger partial charge < -0.3 is 5.32 Å². The fraction of sp³-hybridized carbons (Fsp3) is 0.600. The van der Waals surface area contributed by atoms with Crippen molar-refractivity contribution in [3.63, 3.8) is 0 Å². The summed E-state index contributed by atoms with van der Waals surface area (Å²) in [6.45, 7) is 0. The third-order valence-corrected chi connectivity index (χ3v) is 6.25. The van der Waals surface area contributed by atoms with Crippen molar-refractivity contribution < 1.29 is 4.21 Å². The van der Waals surface area contributed by atoms with Crippen LogP contribution in [0.5, 0.6) is 0 Å². The quantitative estimate of drug-likeness (QED) is 0.914. The lowest BCUT2D eigenvalue weighted by molar-refractivity contribution is 0.258. The molecule has 2 fully saturated rings. The minimum atomic E-state index is -0.543. The molecule has 1 aliphatic carbocycles. The number of hydrogen-bond acceptors (Lipinski definition) is 2. The van der Waals surface area contributed by atoms with Crippen LogP contribution in [0.15, 0.2) is 28.7 Å². The van der Waals surface area contributed by atoms with Gasteiger partial charge in [-0.25, -0.2) is 0 Å². The van der Waals surface area contributed by atoms with Crippen molar-refractivity contribution >= 4 is 26.7 Å². The maximum Gasteiger partial charge on any atom is 0.0249 e. The van der Waals surface area contributed by atoms with Crippen LogP contribution in [-0.4, -0.2) is 27.8 Å². The summed E-state index contributed by atoms with van der Waals surface area (Å²) in [6, 6.07) is 10.0. The second-order valence-corrected chi connectivity index (χ2v) is 8.32. The molecule has 1 aromatic rings. The molecular formula is C15H20BrNOS. The molecular weight excluding hydrogens is 322 g/mol. The summed E-state index contributed by atoms with van der Waals surface area (Å²) >= 11 is 3.48. The molecule has 2 aliphatic rings. The molecule has 1 heterocycles. The van der Waals surface area contributed by atoms with E-state index in [1.807, 2.05) is 0 Å². The molecule has 0 aromatic heterocycles. The van der Waals surface area contributed by atoms with Crippen LogP contribution in [0.25, 0.3) is 0 Å². The molecule has 0 unspecified atom stereocenters. The number of benzene rings is 1. The van der Waals surface area contributed by atoms with E-state index in [0.717, 1.165) is 34.7 Å². The molecule has 1 saturated heterocycles. The van der Waals surface area contributed by atoms with E-state index in [1.165, 1.54) is 18.4 Å². The van der Waals surface area contributed by atoms with Crippen molar-refractivity contribution in [2.24, 2.45) is 0 Å². The molecule has 0 spiro atoms. The number of hydrogen-bond donors (Lipinski definition) is 1. The van der Waals surface area contributed by atoms with Crippen molar-refractivity contribution in [2.45, 2.75) is 43.7 Å². The number of halogens is 1. The van der Waals surface area contributed by atoms with Gasteiger partial charge in [-0.05, 0) is 49.3 Å². The monoisotopic (exact) mass is 341 g/mol. The SMILES string of the molecule is O=S1CCC(NC2CC(c3ccc(Br)cc3)C2)CC1. The summed E-state index contributed by atoms with van der Waals surface area (Å²) in [6.07, 6.45) is 4.68. The van der Waals surface area contributed by atoms with Gasteiger partial charge in [0.05, 0.1) is 0 Å². The normalized spacial score (nSPS) is 34.8. The molecule has 0 amide bonds. The predicted octanol–water partition coefficient (Wildman–Crippen LogP) is 3.20. The van der Waals surface area contributed by atoms with Crippen LogP contribution in [0, 0.1) is 0 Å². The molecule has 0 atom stereocenters. The molecule has 0 bridgehead atoms. The van der Waals surface area contributed by atoms with Gasteiger partial charge in [0.25, 0.3) is 0 Å². The Morgan fingerprint density at radius 1 is 1.05 bits per heavy atom. The first-order valence-electron chi connectivity index (χ1n) is 7.07. The molecule has 0 radical (unpaired) electrons. The average molecular weight is 342 g/mol. The lowest BCUT2D eigenvalue weighted by atomic mass is 9.75. The minimum Gasteiger partial charge on any atom is -0.311 e. The van der Waals surface area contributed by atoms with Gasteiger partial charge in [-0.1, -0.05) is 28.1 Å². The van der Waals surface area contributed by atoms with Crippen LogP contribution in [0.4, 0.5) is 0 Å². The standard InChI is InChI=1S/C15H20BrNOS/c16-13-3-1-11(2-4-13)12-9-15(10-12)17-14-5-7-19(18)8-6-14/h1-4,12,14-15,17H,5-10H2. The third kappa shape index (κ3) is 3.47. The Kier molecular flexibility index (Phi) is 4.40. The Labute approximate surface area is 125 Å². The molecule has 1 N–H and O–H groups in total. The fourth-order valence-corrected chi connectivity index (χ4v) is 4.62. The molecule has 19 heavy (non-hydrogen) atoms. The minimum absolute atomic E-state index is 0.543. The van der Waals surface area contributed by atoms with Gasteiger partial charge >= 0.3 is 0 Å². The summed E-state index contributed by atoms with van der Waals surface area (Å²) in [7, 11) is -0.543. The first kappa shape index (κ1) is 13.8. The van der Waals surface area contributed by atoms with Gasteiger partial charge in [0, 0.05) is 38.9 Å². The van der Waals surface area contributed by atoms with E-state index in [4.69, 9.17) is 0 Å². The van der Waals surface area contributed by atoms with Crippen LogP contribution >= 0.6 is 15.9 Å². The van der Waals surface area contributed by atoms with Gasteiger partial charge in [0.2, 0.25) is 0 Å². The summed E-state index contributed by atoms with van der Waals surface area (Å²) in [5, 5.41) is 3.74. The van der Waals surface area contributed by atoms with Crippen molar-refractivity contribution in [1.29, 1.82) is 0 Å². The summed E-state index contributed by atoms with van der Waals surface area (Å²) in [5.41, 5.74) is 1.46. The first-order chi connectivity index (χ1) is 9.20. The second kappa shape index (κ2) is 6.06. The van der Waals surface area contributed by atoms with Crippen molar-refractivity contribution in [2.75, 3.05) is 11.5 Å². The largest absolute Gasteiger partial charge is 0.311 e. The molecule has 1 aromatic carbocycles. The van der Waals surface area contributed by atoms with Gasteiger partial charge in [-0.2, -0.15) is 0 Å². The van der Waals surface area contributed by atoms with Crippen molar-refractivity contribution in [3.8, 4) is 0 Å². The highest BCUT2D eigenvalue weighted by molar-refractivity contribution is 9.10. The van der Waals surface area contributed by atoms with Crippen LogP contribution < -0.4 is 5.32 Å². The Hall–Kier alpha value is -0.190. The maximum absolute atomic E-state index is 11.3. The van der Waals surface area contributed by atoms with Gasteiger partial charge in [0.15, 0.2) is 0 Å². The summed E-state index contributed by atoms with van der Waals surface area (Å²) < 4.78 is 12.5. The van der Waals surface area contributed by atoms with Gasteiger partial charge in [-0.3, -0.25) is 4.21 Å². The van der Waals surface area contributed by atoms with Crippen LogP contribution in [0.1, 0.15) is 37.2 Å². The smallest absolute Gasteiger partial charge is 0.0249 e. The second-order valence-electron chi connectivity index (χ2n) is 5.71. The topological polar surface area (TPSA) is 29.1 Å². The summed E-state index contributed by atoms with van der Waals surface area (Å²) in [5.74, 6) is 2.50. The first-order valence-corrected chi connectivity index (χ1v) is 9.35. The molecule has 1 aliphatic heterocycles. The molecule has 2 nitrogen and oxygen atoms in total. The predicted molar refractivity (Wildman–Crippen MR) is 83.9 cm³/mol. The van der Waals surface area contributed by atoms with Crippen molar-refractivity contribution in [3.05, 3.63) is 34.3 Å². The lowest BCUT2D eigenvalue weighted by Gasteiger charge is -2.39. The zero-order valence-corrected chi connectivity index (χ0v) is 13.4. The van der Waals surface area contributed by atoms with Crippen LogP contribution in [-0.2, 0) is 10.8 Å². The van der Waals surface area contributed by atoms with Crippen LogP contribution in [0.3, 0.4) is 0 Å². The Morgan fingerprint density at radius 3 is 2.32 bits per heavy atom. The molecule has 1 saturated carbocycles. The Morgan fingerprint density at radius 2 is 1.68 bits per heavy atom. The van der Waals surface area contributed by atoms with Crippen molar-refractivity contribution in [1.82, 2.24) is 5.32 Å². The van der Waals surface area contributed by atoms with E-state index < -0.39 is 10.8 Å². The molecule has 3 rings (SSSR count). The maximum atomic E-state index is 11.3. The Balaban J connectivity index is 1.45.